The molecule has 1 aromatic carbocycles. The lowest BCUT2D eigenvalue weighted by atomic mass is 9.83. The second-order valence-electron chi connectivity index (χ2n) is 7.12. The molecule has 0 radical (unpaired) electrons. The van der Waals surface area contributed by atoms with E-state index in [1.165, 1.54) is 43.5 Å². The molecule has 126 valence electrons. The van der Waals surface area contributed by atoms with Gasteiger partial charge in [-0.1, -0.05) is 32.4 Å². The average Bonchev–Trinajstić information content (AvgIpc) is 2.60. The van der Waals surface area contributed by atoms with E-state index in [0.717, 1.165) is 31.4 Å². The second kappa shape index (κ2) is 7.48. The first kappa shape index (κ1) is 16.5. The maximum Gasteiger partial charge on any atom is 0.251 e. The molecule has 0 saturated carbocycles. The van der Waals surface area contributed by atoms with E-state index >= 15 is 0 Å². The molecule has 0 aromatic heterocycles. The molecular formula is C20H30N2O. The molecular weight excluding hydrogens is 284 g/mol. The number of hydrogen-bond acceptors (Lipinski definition) is 2. The van der Waals surface area contributed by atoms with Crippen LogP contribution in [0.2, 0.25) is 0 Å². The van der Waals surface area contributed by atoms with Gasteiger partial charge in [-0.15, -0.1) is 0 Å². The average molecular weight is 314 g/mol. The van der Waals surface area contributed by atoms with Gasteiger partial charge in [0.05, 0.1) is 0 Å². The molecule has 1 atom stereocenters. The van der Waals surface area contributed by atoms with Gasteiger partial charge in [-0.2, -0.15) is 0 Å². The van der Waals surface area contributed by atoms with Crippen LogP contribution in [-0.2, 0) is 12.8 Å². The van der Waals surface area contributed by atoms with Crippen LogP contribution in [0.5, 0.6) is 0 Å². The lowest BCUT2D eigenvalue weighted by Gasteiger charge is -2.45. The molecule has 0 spiro atoms. The topological polar surface area (TPSA) is 32.3 Å². The highest BCUT2D eigenvalue weighted by molar-refractivity contribution is 5.96. The Balaban J connectivity index is 1.76. The van der Waals surface area contributed by atoms with Crippen molar-refractivity contribution in [2.45, 2.75) is 58.4 Å². The quantitative estimate of drug-likeness (QED) is 0.872. The predicted octanol–water partition coefficient (Wildman–Crippen LogP) is 3.42. The number of fused-ring (bicyclic) bond motifs is 3. The van der Waals surface area contributed by atoms with Crippen molar-refractivity contribution in [1.82, 2.24) is 10.2 Å². The zero-order chi connectivity index (χ0) is 16.2. The lowest BCUT2D eigenvalue weighted by molar-refractivity contribution is 0.0620. The summed E-state index contributed by atoms with van der Waals surface area (Å²) in [5.74, 6) is 0.822. The number of amides is 1. The van der Waals surface area contributed by atoms with E-state index in [9.17, 15) is 4.79 Å². The summed E-state index contributed by atoms with van der Waals surface area (Å²) in [5.41, 5.74) is 3.52. The predicted molar refractivity (Wildman–Crippen MR) is 94.9 cm³/mol. The highest BCUT2D eigenvalue weighted by atomic mass is 16.1. The maximum absolute atomic E-state index is 12.9. The fraction of sp³-hybridized carbons (Fsp3) is 0.650. The van der Waals surface area contributed by atoms with Crippen LogP contribution in [0.3, 0.4) is 0 Å². The van der Waals surface area contributed by atoms with Crippen LogP contribution in [0.1, 0.15) is 61.0 Å². The van der Waals surface area contributed by atoms with Gasteiger partial charge in [-0.25, -0.2) is 0 Å². The Morgan fingerprint density at radius 3 is 2.65 bits per heavy atom. The fourth-order valence-electron chi connectivity index (χ4n) is 4.20. The third-order valence-corrected chi connectivity index (χ3v) is 5.65. The van der Waals surface area contributed by atoms with E-state index < -0.39 is 0 Å². The largest absolute Gasteiger partial charge is 0.348 e. The summed E-state index contributed by atoms with van der Waals surface area (Å²) in [5, 5.41) is 3.35. The maximum atomic E-state index is 12.9. The van der Waals surface area contributed by atoms with E-state index in [0.29, 0.717) is 12.0 Å². The fourth-order valence-corrected chi connectivity index (χ4v) is 4.20. The first-order chi connectivity index (χ1) is 11.2. The number of piperidine rings is 3. The van der Waals surface area contributed by atoms with Crippen molar-refractivity contribution < 1.29 is 4.79 Å². The molecule has 3 aliphatic heterocycles. The molecule has 3 saturated heterocycles. The number of hydrogen-bond donors (Lipinski definition) is 1. The molecule has 4 rings (SSSR count). The molecule has 3 fully saturated rings. The van der Waals surface area contributed by atoms with Gasteiger partial charge in [-0.3, -0.25) is 4.79 Å². The van der Waals surface area contributed by atoms with Crippen molar-refractivity contribution >= 4 is 5.91 Å². The summed E-state index contributed by atoms with van der Waals surface area (Å²) in [6.45, 7) is 7.85. The summed E-state index contributed by atoms with van der Waals surface area (Å²) in [7, 11) is 0. The van der Waals surface area contributed by atoms with Gasteiger partial charge >= 0.3 is 0 Å². The highest BCUT2D eigenvalue weighted by Gasteiger charge is 2.35. The molecule has 1 N–H and O–H groups in total. The van der Waals surface area contributed by atoms with E-state index in [4.69, 9.17) is 0 Å². The SMILES string of the molecule is CCCCc1c(CC)cccc1C(=O)NC1CN2CCC1CC2. The minimum absolute atomic E-state index is 0.144. The molecule has 0 aliphatic carbocycles. The first-order valence-corrected chi connectivity index (χ1v) is 9.36. The van der Waals surface area contributed by atoms with Crippen molar-refractivity contribution in [3.63, 3.8) is 0 Å². The van der Waals surface area contributed by atoms with Gasteiger partial charge in [0.1, 0.15) is 0 Å². The normalized spacial score (nSPS) is 26.3. The Bertz CT molecular complexity index is 547. The summed E-state index contributed by atoms with van der Waals surface area (Å²) in [6.07, 6.45) is 6.81. The Morgan fingerprint density at radius 1 is 1.26 bits per heavy atom. The third kappa shape index (κ3) is 3.60. The van der Waals surface area contributed by atoms with E-state index in [-0.39, 0.29) is 5.91 Å². The standard InChI is InChI=1S/C20H30N2O/c1-3-5-8-17-15(4-2)7-6-9-18(17)20(23)21-19-14-22-12-10-16(19)11-13-22/h6-7,9,16,19H,3-5,8,10-14H2,1-2H3,(H,21,23). The van der Waals surface area contributed by atoms with E-state index in [1.54, 1.807) is 0 Å². The van der Waals surface area contributed by atoms with Crippen molar-refractivity contribution in [1.29, 1.82) is 0 Å². The number of benzene rings is 1. The number of nitrogens with zero attached hydrogens (tertiary/aromatic N) is 1. The van der Waals surface area contributed by atoms with Crippen LogP contribution in [0, 0.1) is 5.92 Å². The lowest BCUT2D eigenvalue weighted by Crippen LogP contribution is -2.57. The summed E-state index contributed by atoms with van der Waals surface area (Å²) in [6, 6.07) is 6.57. The van der Waals surface area contributed by atoms with Crippen molar-refractivity contribution in [2.24, 2.45) is 5.92 Å². The monoisotopic (exact) mass is 314 g/mol. The van der Waals surface area contributed by atoms with E-state index in [1.807, 2.05) is 12.1 Å². The molecule has 3 nitrogen and oxygen atoms in total. The van der Waals surface area contributed by atoms with Crippen molar-refractivity contribution in [3.8, 4) is 0 Å². The van der Waals surface area contributed by atoms with Crippen LogP contribution in [0.4, 0.5) is 0 Å². The Labute approximate surface area is 140 Å². The molecule has 3 aliphatic rings. The number of rotatable bonds is 6. The molecule has 1 aromatic rings. The summed E-state index contributed by atoms with van der Waals surface area (Å²) >= 11 is 0. The molecule has 2 bridgehead atoms. The zero-order valence-electron chi connectivity index (χ0n) is 14.6. The van der Waals surface area contributed by atoms with Gasteiger partial charge in [0.25, 0.3) is 5.91 Å². The number of nitrogens with one attached hydrogen (secondary N) is 1. The van der Waals surface area contributed by atoms with Crippen LogP contribution in [0.25, 0.3) is 0 Å². The van der Waals surface area contributed by atoms with Gasteiger partial charge in [0, 0.05) is 18.2 Å². The smallest absolute Gasteiger partial charge is 0.251 e. The van der Waals surface area contributed by atoms with Gasteiger partial charge in [0.15, 0.2) is 0 Å². The number of aryl methyl sites for hydroxylation is 1. The summed E-state index contributed by atoms with van der Waals surface area (Å²) in [4.78, 5) is 15.4. The molecule has 1 amide bonds. The Morgan fingerprint density at radius 2 is 2.04 bits per heavy atom. The molecule has 3 heterocycles. The van der Waals surface area contributed by atoms with Crippen molar-refractivity contribution in [3.05, 3.63) is 34.9 Å². The molecule has 1 unspecified atom stereocenters. The second-order valence-corrected chi connectivity index (χ2v) is 7.12. The zero-order valence-corrected chi connectivity index (χ0v) is 14.6. The van der Waals surface area contributed by atoms with Crippen LogP contribution < -0.4 is 5.32 Å². The van der Waals surface area contributed by atoms with Crippen LogP contribution in [-0.4, -0.2) is 36.5 Å². The summed E-state index contributed by atoms with van der Waals surface area (Å²) < 4.78 is 0. The van der Waals surface area contributed by atoms with E-state index in [2.05, 4.69) is 30.1 Å². The number of unbranched alkanes of at least 4 members (excludes halogenated alkanes) is 1. The van der Waals surface area contributed by atoms with Crippen LogP contribution >= 0.6 is 0 Å². The first-order valence-electron chi connectivity index (χ1n) is 9.36. The van der Waals surface area contributed by atoms with Gasteiger partial charge in [-0.05, 0) is 68.3 Å². The highest BCUT2D eigenvalue weighted by Crippen LogP contribution is 2.28. The third-order valence-electron chi connectivity index (χ3n) is 5.65. The van der Waals surface area contributed by atoms with Crippen molar-refractivity contribution in [2.75, 3.05) is 19.6 Å². The minimum atomic E-state index is 0.144. The Kier molecular flexibility index (Phi) is 5.37. The van der Waals surface area contributed by atoms with Crippen LogP contribution in [0.15, 0.2) is 18.2 Å². The number of carbonyl (C=O) groups is 1. The number of carbonyl (C=O) groups excluding carboxylic acids is 1. The Hall–Kier alpha value is -1.35. The molecule has 23 heavy (non-hydrogen) atoms. The van der Waals surface area contributed by atoms with Gasteiger partial charge < -0.3 is 10.2 Å². The van der Waals surface area contributed by atoms with Gasteiger partial charge in [0.2, 0.25) is 0 Å². The minimum Gasteiger partial charge on any atom is -0.348 e. The molecule has 3 heteroatoms.